The zero-order valence-electron chi connectivity index (χ0n) is 13.6. The van der Waals surface area contributed by atoms with Gasteiger partial charge in [-0.15, -0.1) is 0 Å². The highest BCUT2D eigenvalue weighted by atomic mass is 16.5. The third kappa shape index (κ3) is 4.14. The standard InChI is InChI=1S/C17H25N3O/c1-12(2)17-10-15(19-21-17)11-20(5)14(4)9-16-13(3)7-6-8-18-16/h6-8,10,12,14H,9,11H2,1-5H3/t14-/m0/s1. The van der Waals surface area contributed by atoms with Crippen LogP contribution in [-0.4, -0.2) is 28.1 Å². The van der Waals surface area contributed by atoms with E-state index in [4.69, 9.17) is 4.52 Å². The summed E-state index contributed by atoms with van der Waals surface area (Å²) in [5.74, 6) is 1.33. The van der Waals surface area contributed by atoms with Gasteiger partial charge < -0.3 is 4.52 Å². The molecule has 0 radical (unpaired) electrons. The Balaban J connectivity index is 1.96. The van der Waals surface area contributed by atoms with Crippen LogP contribution < -0.4 is 0 Å². The number of likely N-dealkylation sites (N-methyl/N-ethyl adjacent to an activating group) is 1. The Bertz CT molecular complexity index is 577. The van der Waals surface area contributed by atoms with Gasteiger partial charge in [0.25, 0.3) is 0 Å². The van der Waals surface area contributed by atoms with Crippen molar-refractivity contribution in [1.29, 1.82) is 0 Å². The minimum absolute atomic E-state index is 0.380. The molecule has 114 valence electrons. The van der Waals surface area contributed by atoms with Gasteiger partial charge in [-0.1, -0.05) is 25.1 Å². The van der Waals surface area contributed by atoms with Crippen molar-refractivity contribution in [3.63, 3.8) is 0 Å². The largest absolute Gasteiger partial charge is 0.361 e. The lowest BCUT2D eigenvalue weighted by Gasteiger charge is -2.23. The van der Waals surface area contributed by atoms with E-state index in [1.165, 1.54) is 11.3 Å². The number of nitrogens with zero attached hydrogens (tertiary/aromatic N) is 3. The average molecular weight is 287 g/mol. The Labute approximate surface area is 127 Å². The lowest BCUT2D eigenvalue weighted by Crippen LogP contribution is -2.31. The molecule has 2 aromatic rings. The maximum absolute atomic E-state index is 5.36. The number of hydrogen-bond acceptors (Lipinski definition) is 4. The molecule has 0 aliphatic carbocycles. The quantitative estimate of drug-likeness (QED) is 0.814. The van der Waals surface area contributed by atoms with E-state index in [-0.39, 0.29) is 0 Å². The van der Waals surface area contributed by atoms with Gasteiger partial charge in [-0.05, 0) is 32.5 Å². The van der Waals surface area contributed by atoms with Crippen molar-refractivity contribution in [3.05, 3.63) is 47.1 Å². The molecule has 0 aromatic carbocycles. The first kappa shape index (κ1) is 15.7. The van der Waals surface area contributed by atoms with Crippen molar-refractivity contribution in [2.45, 2.75) is 52.6 Å². The van der Waals surface area contributed by atoms with Gasteiger partial charge in [0.2, 0.25) is 0 Å². The molecule has 0 aliphatic rings. The van der Waals surface area contributed by atoms with Crippen LogP contribution in [0.5, 0.6) is 0 Å². The van der Waals surface area contributed by atoms with Gasteiger partial charge in [0.15, 0.2) is 0 Å². The van der Waals surface area contributed by atoms with Crippen molar-refractivity contribution in [2.24, 2.45) is 0 Å². The van der Waals surface area contributed by atoms with Crippen LogP contribution in [0.25, 0.3) is 0 Å². The Kier molecular flexibility index (Phi) is 5.12. The van der Waals surface area contributed by atoms with E-state index in [0.29, 0.717) is 12.0 Å². The minimum atomic E-state index is 0.380. The molecule has 0 unspecified atom stereocenters. The summed E-state index contributed by atoms with van der Waals surface area (Å²) >= 11 is 0. The van der Waals surface area contributed by atoms with Crippen LogP contribution in [0.2, 0.25) is 0 Å². The van der Waals surface area contributed by atoms with Crippen LogP contribution in [0.15, 0.2) is 28.9 Å². The monoisotopic (exact) mass is 287 g/mol. The molecule has 4 heteroatoms. The van der Waals surface area contributed by atoms with Crippen LogP contribution in [0, 0.1) is 6.92 Å². The molecule has 0 saturated carbocycles. The number of pyridine rings is 1. The van der Waals surface area contributed by atoms with Crippen LogP contribution in [0.1, 0.15) is 49.4 Å². The van der Waals surface area contributed by atoms with Crippen molar-refractivity contribution < 1.29 is 4.52 Å². The molecular weight excluding hydrogens is 262 g/mol. The predicted octanol–water partition coefficient (Wildman–Crippen LogP) is 3.56. The summed E-state index contributed by atoms with van der Waals surface area (Å²) in [6, 6.07) is 6.55. The highest BCUT2D eigenvalue weighted by Gasteiger charge is 2.15. The fourth-order valence-corrected chi connectivity index (χ4v) is 2.25. The second-order valence-electron chi connectivity index (χ2n) is 6.11. The van der Waals surface area contributed by atoms with Crippen LogP contribution in [0.4, 0.5) is 0 Å². The molecule has 1 atom stereocenters. The van der Waals surface area contributed by atoms with Gasteiger partial charge in [0, 0.05) is 42.9 Å². The van der Waals surface area contributed by atoms with Gasteiger partial charge in [-0.2, -0.15) is 0 Å². The van der Waals surface area contributed by atoms with E-state index in [1.54, 1.807) is 0 Å². The van der Waals surface area contributed by atoms with Gasteiger partial charge in [-0.25, -0.2) is 0 Å². The predicted molar refractivity (Wildman–Crippen MR) is 84.2 cm³/mol. The Morgan fingerprint density at radius 1 is 1.29 bits per heavy atom. The van der Waals surface area contributed by atoms with E-state index in [2.05, 4.69) is 61.9 Å². The molecule has 4 nitrogen and oxygen atoms in total. The fraction of sp³-hybridized carbons (Fsp3) is 0.529. The topological polar surface area (TPSA) is 42.2 Å². The number of hydrogen-bond donors (Lipinski definition) is 0. The van der Waals surface area contributed by atoms with Crippen LogP contribution in [-0.2, 0) is 13.0 Å². The molecule has 0 N–H and O–H groups in total. The maximum Gasteiger partial charge on any atom is 0.139 e. The minimum Gasteiger partial charge on any atom is -0.361 e. The second-order valence-corrected chi connectivity index (χ2v) is 6.11. The van der Waals surface area contributed by atoms with Gasteiger partial charge in [0.05, 0.1) is 5.69 Å². The molecule has 0 bridgehead atoms. The molecule has 0 aliphatic heterocycles. The summed E-state index contributed by atoms with van der Waals surface area (Å²) in [6.07, 6.45) is 2.81. The summed E-state index contributed by atoms with van der Waals surface area (Å²) in [7, 11) is 2.12. The van der Waals surface area contributed by atoms with Gasteiger partial charge in [0.1, 0.15) is 5.76 Å². The van der Waals surface area contributed by atoms with E-state index in [9.17, 15) is 0 Å². The fourth-order valence-electron chi connectivity index (χ4n) is 2.25. The molecule has 2 rings (SSSR count). The highest BCUT2D eigenvalue weighted by molar-refractivity contribution is 5.18. The molecule has 2 heterocycles. The van der Waals surface area contributed by atoms with Crippen molar-refractivity contribution >= 4 is 0 Å². The third-order valence-corrected chi connectivity index (χ3v) is 3.92. The first-order valence-corrected chi connectivity index (χ1v) is 7.53. The number of rotatable bonds is 6. The Hall–Kier alpha value is -1.68. The second kappa shape index (κ2) is 6.85. The van der Waals surface area contributed by atoms with E-state index in [0.717, 1.165) is 24.4 Å². The Morgan fingerprint density at radius 3 is 2.67 bits per heavy atom. The molecule has 0 amide bonds. The maximum atomic E-state index is 5.36. The SMILES string of the molecule is Cc1cccnc1C[C@H](C)N(C)Cc1cc(C(C)C)on1. The molecule has 21 heavy (non-hydrogen) atoms. The number of aromatic nitrogens is 2. The molecule has 2 aromatic heterocycles. The van der Waals surface area contributed by atoms with Crippen molar-refractivity contribution in [2.75, 3.05) is 7.05 Å². The zero-order chi connectivity index (χ0) is 15.4. The van der Waals surface area contributed by atoms with E-state index in [1.807, 2.05) is 12.3 Å². The Morgan fingerprint density at radius 2 is 2.05 bits per heavy atom. The average Bonchev–Trinajstić information content (AvgIpc) is 2.90. The summed E-state index contributed by atoms with van der Waals surface area (Å²) < 4.78 is 5.36. The molecule has 0 saturated heterocycles. The normalized spacial score (nSPS) is 13.1. The van der Waals surface area contributed by atoms with E-state index >= 15 is 0 Å². The number of aryl methyl sites for hydroxylation is 1. The summed E-state index contributed by atoms with van der Waals surface area (Å²) in [5, 5.41) is 4.15. The lowest BCUT2D eigenvalue weighted by atomic mass is 10.1. The van der Waals surface area contributed by atoms with Gasteiger partial charge >= 0.3 is 0 Å². The smallest absolute Gasteiger partial charge is 0.139 e. The summed E-state index contributed by atoms with van der Waals surface area (Å²) in [4.78, 5) is 6.76. The summed E-state index contributed by atoms with van der Waals surface area (Å²) in [6.45, 7) is 9.35. The van der Waals surface area contributed by atoms with E-state index < -0.39 is 0 Å². The highest BCUT2D eigenvalue weighted by Crippen LogP contribution is 2.17. The molecule has 0 fully saturated rings. The first-order chi connectivity index (χ1) is 9.97. The zero-order valence-corrected chi connectivity index (χ0v) is 13.6. The molecule has 0 spiro atoms. The van der Waals surface area contributed by atoms with Crippen LogP contribution >= 0.6 is 0 Å². The van der Waals surface area contributed by atoms with Crippen LogP contribution in [0.3, 0.4) is 0 Å². The summed E-state index contributed by atoms with van der Waals surface area (Å²) in [5.41, 5.74) is 3.41. The molecular formula is C17H25N3O. The third-order valence-electron chi connectivity index (χ3n) is 3.92. The first-order valence-electron chi connectivity index (χ1n) is 7.53. The van der Waals surface area contributed by atoms with Crippen molar-refractivity contribution in [1.82, 2.24) is 15.0 Å². The van der Waals surface area contributed by atoms with Crippen molar-refractivity contribution in [3.8, 4) is 0 Å². The van der Waals surface area contributed by atoms with Gasteiger partial charge in [-0.3, -0.25) is 9.88 Å². The lowest BCUT2D eigenvalue weighted by molar-refractivity contribution is 0.238.